The van der Waals surface area contributed by atoms with Gasteiger partial charge in [0.2, 0.25) is 0 Å². The molecule has 6 nitrogen and oxygen atoms in total. The minimum atomic E-state index is -1.000. The largest absolute Gasteiger partial charge is 0.493 e. The average molecular weight is 354 g/mol. The Morgan fingerprint density at radius 2 is 1.77 bits per heavy atom. The first-order valence-corrected chi connectivity index (χ1v) is 7.90. The summed E-state index contributed by atoms with van der Waals surface area (Å²) in [7, 11) is 0. The molecule has 0 saturated carbocycles. The molecule has 3 rings (SSSR count). The van der Waals surface area contributed by atoms with Crippen LogP contribution in [0.3, 0.4) is 0 Å². The van der Waals surface area contributed by atoms with Crippen LogP contribution in [-0.2, 0) is 9.59 Å². The number of rotatable bonds is 4. The van der Waals surface area contributed by atoms with Gasteiger partial charge in [0.15, 0.2) is 0 Å². The van der Waals surface area contributed by atoms with Crippen molar-refractivity contribution in [3.63, 3.8) is 0 Å². The summed E-state index contributed by atoms with van der Waals surface area (Å²) in [6, 6.07) is 11.2. The Morgan fingerprint density at radius 3 is 2.50 bits per heavy atom. The molecule has 1 saturated heterocycles. The Morgan fingerprint density at radius 1 is 1.08 bits per heavy atom. The lowest BCUT2D eigenvalue weighted by Gasteiger charge is -2.26. The van der Waals surface area contributed by atoms with E-state index in [1.807, 2.05) is 0 Å². The van der Waals surface area contributed by atoms with Gasteiger partial charge in [-0.05, 0) is 31.2 Å². The SMILES string of the molecule is CCOc1ccccc1/C=C1/C(=O)NC(=O)N(c2ccccc2F)C1=O. The van der Waals surface area contributed by atoms with Gasteiger partial charge in [0.1, 0.15) is 17.1 Å². The summed E-state index contributed by atoms with van der Waals surface area (Å²) < 4.78 is 19.5. The second kappa shape index (κ2) is 7.18. The van der Waals surface area contributed by atoms with E-state index in [-0.39, 0.29) is 11.3 Å². The summed E-state index contributed by atoms with van der Waals surface area (Å²) >= 11 is 0. The maximum Gasteiger partial charge on any atom is 0.336 e. The fourth-order valence-corrected chi connectivity index (χ4v) is 2.55. The molecule has 0 spiro atoms. The molecular weight excluding hydrogens is 339 g/mol. The fourth-order valence-electron chi connectivity index (χ4n) is 2.55. The summed E-state index contributed by atoms with van der Waals surface area (Å²) in [5.41, 5.74) is -0.0258. The first-order chi connectivity index (χ1) is 12.5. The number of hydrogen-bond donors (Lipinski definition) is 1. The van der Waals surface area contributed by atoms with E-state index < -0.39 is 23.7 Å². The van der Waals surface area contributed by atoms with Crippen molar-refractivity contribution < 1.29 is 23.5 Å². The highest BCUT2D eigenvalue weighted by Gasteiger charge is 2.38. The number of ether oxygens (including phenoxy) is 1. The molecule has 2 aromatic rings. The summed E-state index contributed by atoms with van der Waals surface area (Å²) in [6.07, 6.45) is 1.32. The van der Waals surface area contributed by atoms with Crippen LogP contribution in [0, 0.1) is 5.82 Å². The number of hydrogen-bond acceptors (Lipinski definition) is 4. The van der Waals surface area contributed by atoms with Crippen molar-refractivity contribution in [2.24, 2.45) is 0 Å². The van der Waals surface area contributed by atoms with Crippen LogP contribution in [0.4, 0.5) is 14.9 Å². The molecule has 1 heterocycles. The molecule has 0 aliphatic carbocycles. The van der Waals surface area contributed by atoms with Gasteiger partial charge in [-0.15, -0.1) is 0 Å². The third kappa shape index (κ3) is 3.19. The molecule has 7 heteroatoms. The van der Waals surface area contributed by atoms with Crippen molar-refractivity contribution in [3.8, 4) is 5.75 Å². The first-order valence-electron chi connectivity index (χ1n) is 7.90. The number of nitrogens with zero attached hydrogens (tertiary/aromatic N) is 1. The van der Waals surface area contributed by atoms with E-state index in [1.165, 1.54) is 24.3 Å². The van der Waals surface area contributed by atoms with Crippen LogP contribution in [0.2, 0.25) is 0 Å². The van der Waals surface area contributed by atoms with Gasteiger partial charge in [0.05, 0.1) is 12.3 Å². The molecule has 0 bridgehead atoms. The zero-order valence-corrected chi connectivity index (χ0v) is 13.9. The van der Waals surface area contributed by atoms with Gasteiger partial charge in [-0.3, -0.25) is 14.9 Å². The highest BCUT2D eigenvalue weighted by Crippen LogP contribution is 2.26. The monoisotopic (exact) mass is 354 g/mol. The molecule has 26 heavy (non-hydrogen) atoms. The minimum Gasteiger partial charge on any atom is -0.493 e. The van der Waals surface area contributed by atoms with E-state index in [0.717, 1.165) is 6.07 Å². The number of amides is 4. The van der Waals surface area contributed by atoms with E-state index in [4.69, 9.17) is 4.74 Å². The molecule has 4 amide bonds. The maximum atomic E-state index is 14.0. The van der Waals surface area contributed by atoms with Gasteiger partial charge in [-0.2, -0.15) is 0 Å². The Balaban J connectivity index is 2.05. The number of halogens is 1. The molecule has 132 valence electrons. The quantitative estimate of drug-likeness (QED) is 0.677. The van der Waals surface area contributed by atoms with E-state index in [0.29, 0.717) is 22.8 Å². The van der Waals surface area contributed by atoms with E-state index in [9.17, 15) is 18.8 Å². The molecule has 0 atom stereocenters. The van der Waals surface area contributed by atoms with Gasteiger partial charge in [0.25, 0.3) is 11.8 Å². The number of benzene rings is 2. The summed E-state index contributed by atoms with van der Waals surface area (Å²) in [5, 5.41) is 2.06. The first kappa shape index (κ1) is 17.3. The van der Waals surface area contributed by atoms with Crippen LogP contribution in [0.15, 0.2) is 54.1 Å². The molecular formula is C19H15FN2O4. The topological polar surface area (TPSA) is 75.7 Å². The normalized spacial score (nSPS) is 16.0. The standard InChI is InChI=1S/C19H15FN2O4/c1-2-26-16-10-6-3-7-12(16)11-13-17(23)21-19(25)22(18(13)24)15-9-5-4-8-14(15)20/h3-11H,2H2,1H3,(H,21,23,25)/b13-11-. The van der Waals surface area contributed by atoms with Crippen molar-refractivity contribution in [1.82, 2.24) is 5.32 Å². The average Bonchev–Trinajstić information content (AvgIpc) is 2.61. The number of carbonyl (C=O) groups is 3. The lowest BCUT2D eigenvalue weighted by atomic mass is 10.1. The van der Waals surface area contributed by atoms with Crippen molar-refractivity contribution in [3.05, 3.63) is 65.5 Å². The molecule has 1 aliphatic heterocycles. The smallest absolute Gasteiger partial charge is 0.336 e. The minimum absolute atomic E-state index is 0.230. The summed E-state index contributed by atoms with van der Waals surface area (Å²) in [5.74, 6) is -2.02. The molecule has 2 aromatic carbocycles. The highest BCUT2D eigenvalue weighted by atomic mass is 19.1. The van der Waals surface area contributed by atoms with Crippen LogP contribution in [0.1, 0.15) is 12.5 Å². The Labute approximate surface area is 148 Å². The van der Waals surface area contributed by atoms with Gasteiger partial charge < -0.3 is 4.74 Å². The Hall–Kier alpha value is -3.48. The lowest BCUT2D eigenvalue weighted by Crippen LogP contribution is -2.54. The second-order valence-corrected chi connectivity index (χ2v) is 5.38. The predicted molar refractivity (Wildman–Crippen MR) is 93.0 cm³/mol. The van der Waals surface area contributed by atoms with Gasteiger partial charge in [0, 0.05) is 5.56 Å². The Kier molecular flexibility index (Phi) is 4.79. The molecule has 0 unspecified atom stereocenters. The fraction of sp³-hybridized carbons (Fsp3) is 0.105. The molecule has 0 aromatic heterocycles. The van der Waals surface area contributed by atoms with Crippen molar-refractivity contribution in [1.29, 1.82) is 0 Å². The van der Waals surface area contributed by atoms with Gasteiger partial charge in [-0.1, -0.05) is 30.3 Å². The molecule has 1 N–H and O–H groups in total. The third-order valence-electron chi connectivity index (χ3n) is 3.71. The van der Waals surface area contributed by atoms with E-state index in [2.05, 4.69) is 5.32 Å². The number of imide groups is 2. The number of carbonyl (C=O) groups excluding carboxylic acids is 3. The van der Waals surface area contributed by atoms with Crippen LogP contribution >= 0.6 is 0 Å². The second-order valence-electron chi connectivity index (χ2n) is 5.38. The van der Waals surface area contributed by atoms with Crippen LogP contribution in [0.5, 0.6) is 5.75 Å². The number of para-hydroxylation sites is 2. The Bertz CT molecular complexity index is 923. The predicted octanol–water partition coefficient (Wildman–Crippen LogP) is 2.89. The van der Waals surface area contributed by atoms with E-state index in [1.54, 1.807) is 31.2 Å². The van der Waals surface area contributed by atoms with Crippen molar-refractivity contribution in [2.45, 2.75) is 6.92 Å². The maximum absolute atomic E-state index is 14.0. The molecule has 1 fully saturated rings. The summed E-state index contributed by atoms with van der Waals surface area (Å²) in [4.78, 5) is 37.6. The third-order valence-corrected chi connectivity index (χ3v) is 3.71. The van der Waals surface area contributed by atoms with E-state index >= 15 is 0 Å². The summed E-state index contributed by atoms with van der Waals surface area (Å²) in [6.45, 7) is 2.21. The highest BCUT2D eigenvalue weighted by molar-refractivity contribution is 6.39. The number of anilines is 1. The number of urea groups is 1. The van der Waals surface area contributed by atoms with Crippen LogP contribution in [0.25, 0.3) is 6.08 Å². The molecule has 0 radical (unpaired) electrons. The van der Waals surface area contributed by atoms with Gasteiger partial charge >= 0.3 is 6.03 Å². The number of barbiturate groups is 1. The van der Waals surface area contributed by atoms with Crippen molar-refractivity contribution in [2.75, 3.05) is 11.5 Å². The zero-order valence-electron chi connectivity index (χ0n) is 13.9. The lowest BCUT2D eigenvalue weighted by molar-refractivity contribution is -0.122. The van der Waals surface area contributed by atoms with Crippen LogP contribution in [-0.4, -0.2) is 24.5 Å². The van der Waals surface area contributed by atoms with Crippen molar-refractivity contribution >= 4 is 29.6 Å². The zero-order chi connectivity index (χ0) is 18.7. The molecule has 1 aliphatic rings. The number of nitrogens with one attached hydrogen (secondary N) is 1. The van der Waals surface area contributed by atoms with Gasteiger partial charge in [-0.25, -0.2) is 14.1 Å². The van der Waals surface area contributed by atoms with Crippen LogP contribution < -0.4 is 15.0 Å².